The van der Waals surface area contributed by atoms with Gasteiger partial charge in [-0.05, 0) is 24.7 Å². The largest absolute Gasteiger partial charge is 0.311 e. The van der Waals surface area contributed by atoms with Crippen molar-refractivity contribution < 1.29 is 0 Å². The number of hydrogen-bond donors (Lipinski definition) is 1. The van der Waals surface area contributed by atoms with Crippen LogP contribution in [-0.4, -0.2) is 12.1 Å². The summed E-state index contributed by atoms with van der Waals surface area (Å²) < 4.78 is 0. The molecule has 0 saturated heterocycles. The van der Waals surface area contributed by atoms with Gasteiger partial charge < -0.3 is 5.32 Å². The smallest absolute Gasteiger partial charge is 0.00926 e. The zero-order chi connectivity index (χ0) is 11.8. The number of rotatable bonds is 8. The minimum atomic E-state index is 0.703. The second kappa shape index (κ2) is 8.15. The van der Waals surface area contributed by atoms with Gasteiger partial charge in [0.05, 0.1) is 0 Å². The van der Waals surface area contributed by atoms with Gasteiger partial charge in [-0.15, -0.1) is 0 Å². The summed E-state index contributed by atoms with van der Waals surface area (Å²) in [5.74, 6) is 1.51. The summed E-state index contributed by atoms with van der Waals surface area (Å²) in [5, 5.41) is 3.85. The molecule has 0 aromatic rings. The average Bonchev–Trinajstić information content (AvgIpc) is 2.15. The van der Waals surface area contributed by atoms with Crippen molar-refractivity contribution in [3.05, 3.63) is 0 Å². The van der Waals surface area contributed by atoms with Crippen molar-refractivity contribution in [1.29, 1.82) is 0 Å². The molecule has 0 radical (unpaired) electrons. The fourth-order valence-corrected chi connectivity index (χ4v) is 2.12. The van der Waals surface area contributed by atoms with Gasteiger partial charge in [-0.25, -0.2) is 0 Å². The molecule has 1 N–H and O–H groups in total. The maximum Gasteiger partial charge on any atom is 0.00926 e. The van der Waals surface area contributed by atoms with Crippen LogP contribution < -0.4 is 5.32 Å². The minimum absolute atomic E-state index is 0.703. The summed E-state index contributed by atoms with van der Waals surface area (Å²) >= 11 is 0. The monoisotopic (exact) mass is 213 g/mol. The van der Waals surface area contributed by atoms with E-state index in [2.05, 4.69) is 46.9 Å². The zero-order valence-electron chi connectivity index (χ0n) is 11.6. The average molecular weight is 213 g/mol. The lowest BCUT2D eigenvalue weighted by Gasteiger charge is -2.30. The van der Waals surface area contributed by atoms with Gasteiger partial charge in [0.2, 0.25) is 0 Å². The highest BCUT2D eigenvalue weighted by atomic mass is 15.0. The Balaban J connectivity index is 4.19. The lowest BCUT2D eigenvalue weighted by molar-refractivity contribution is 0.279. The number of hydrogen-bond acceptors (Lipinski definition) is 1. The molecule has 0 saturated carbocycles. The molecule has 0 aliphatic carbocycles. The SMILES string of the molecule is CCCC(NC(CCC)C(C)C)C(C)C. The molecule has 1 heteroatoms. The summed E-state index contributed by atoms with van der Waals surface area (Å²) in [6.45, 7) is 13.9. The second-order valence-corrected chi connectivity index (χ2v) is 5.45. The Hall–Kier alpha value is -0.0400. The van der Waals surface area contributed by atoms with Crippen LogP contribution in [0.3, 0.4) is 0 Å². The van der Waals surface area contributed by atoms with E-state index >= 15 is 0 Å². The van der Waals surface area contributed by atoms with E-state index in [-0.39, 0.29) is 0 Å². The van der Waals surface area contributed by atoms with Crippen LogP contribution >= 0.6 is 0 Å². The van der Waals surface area contributed by atoms with Gasteiger partial charge in [0, 0.05) is 12.1 Å². The van der Waals surface area contributed by atoms with Crippen molar-refractivity contribution in [1.82, 2.24) is 5.32 Å². The predicted molar refractivity (Wildman–Crippen MR) is 70.2 cm³/mol. The zero-order valence-corrected chi connectivity index (χ0v) is 11.6. The Bertz CT molecular complexity index is 124. The fraction of sp³-hybridized carbons (Fsp3) is 1.00. The van der Waals surface area contributed by atoms with Crippen LogP contribution in [0.4, 0.5) is 0 Å². The first-order chi connectivity index (χ1) is 7.02. The maximum absolute atomic E-state index is 3.85. The van der Waals surface area contributed by atoms with Crippen LogP contribution in [0, 0.1) is 11.8 Å². The van der Waals surface area contributed by atoms with Gasteiger partial charge in [0.15, 0.2) is 0 Å². The predicted octanol–water partition coefficient (Wildman–Crippen LogP) is 4.23. The molecular formula is C14H31N. The van der Waals surface area contributed by atoms with Gasteiger partial charge in [0.1, 0.15) is 0 Å². The molecule has 0 heterocycles. The van der Waals surface area contributed by atoms with E-state index in [1.54, 1.807) is 0 Å². The molecule has 15 heavy (non-hydrogen) atoms. The van der Waals surface area contributed by atoms with E-state index in [1.807, 2.05) is 0 Å². The molecule has 0 spiro atoms. The van der Waals surface area contributed by atoms with Gasteiger partial charge in [-0.2, -0.15) is 0 Å². The van der Waals surface area contributed by atoms with Gasteiger partial charge in [0.25, 0.3) is 0 Å². The molecule has 2 atom stereocenters. The summed E-state index contributed by atoms with van der Waals surface area (Å²) in [7, 11) is 0. The van der Waals surface area contributed by atoms with Crippen LogP contribution in [0.2, 0.25) is 0 Å². The molecule has 2 unspecified atom stereocenters. The van der Waals surface area contributed by atoms with Crippen molar-refractivity contribution in [2.75, 3.05) is 0 Å². The highest BCUT2D eigenvalue weighted by Gasteiger charge is 2.19. The molecule has 0 amide bonds. The molecule has 0 aromatic heterocycles. The minimum Gasteiger partial charge on any atom is -0.311 e. The quantitative estimate of drug-likeness (QED) is 0.636. The van der Waals surface area contributed by atoms with Gasteiger partial charge >= 0.3 is 0 Å². The van der Waals surface area contributed by atoms with Crippen molar-refractivity contribution in [2.45, 2.75) is 79.3 Å². The topological polar surface area (TPSA) is 12.0 Å². The lowest BCUT2D eigenvalue weighted by Crippen LogP contribution is -2.44. The van der Waals surface area contributed by atoms with Crippen LogP contribution in [0.5, 0.6) is 0 Å². The molecule has 0 aromatic carbocycles. The Morgan fingerprint density at radius 2 is 1.07 bits per heavy atom. The first kappa shape index (κ1) is 15.0. The van der Waals surface area contributed by atoms with E-state index in [0.717, 1.165) is 11.8 Å². The number of nitrogens with one attached hydrogen (secondary N) is 1. The van der Waals surface area contributed by atoms with Gasteiger partial charge in [-0.1, -0.05) is 54.4 Å². The van der Waals surface area contributed by atoms with Crippen LogP contribution in [0.1, 0.15) is 67.2 Å². The standard InChI is InChI=1S/C14H31N/c1-7-9-13(11(3)4)15-14(10-8-2)12(5)6/h11-15H,7-10H2,1-6H3. The summed E-state index contributed by atoms with van der Waals surface area (Å²) in [4.78, 5) is 0. The van der Waals surface area contributed by atoms with E-state index in [9.17, 15) is 0 Å². The normalized spacial score (nSPS) is 16.0. The Morgan fingerprint density at radius 3 is 1.27 bits per heavy atom. The van der Waals surface area contributed by atoms with Crippen LogP contribution in [0.25, 0.3) is 0 Å². The Kier molecular flexibility index (Phi) is 8.13. The molecule has 0 aliphatic heterocycles. The summed E-state index contributed by atoms with van der Waals surface area (Å²) in [6, 6.07) is 1.41. The third-order valence-corrected chi connectivity index (χ3v) is 3.24. The first-order valence-corrected chi connectivity index (χ1v) is 6.78. The highest BCUT2D eigenvalue weighted by Crippen LogP contribution is 2.15. The highest BCUT2D eigenvalue weighted by molar-refractivity contribution is 4.78. The van der Waals surface area contributed by atoms with Crippen LogP contribution in [-0.2, 0) is 0 Å². The van der Waals surface area contributed by atoms with E-state index < -0.39 is 0 Å². The summed E-state index contributed by atoms with van der Waals surface area (Å²) in [6.07, 6.45) is 5.19. The Labute approximate surface area is 97.0 Å². The van der Waals surface area contributed by atoms with Gasteiger partial charge in [-0.3, -0.25) is 0 Å². The molecule has 0 aliphatic rings. The fourth-order valence-electron chi connectivity index (χ4n) is 2.12. The third kappa shape index (κ3) is 6.19. The summed E-state index contributed by atoms with van der Waals surface area (Å²) in [5.41, 5.74) is 0. The van der Waals surface area contributed by atoms with E-state index in [4.69, 9.17) is 0 Å². The lowest BCUT2D eigenvalue weighted by atomic mass is 9.93. The Morgan fingerprint density at radius 1 is 0.733 bits per heavy atom. The van der Waals surface area contributed by atoms with Crippen molar-refractivity contribution in [3.63, 3.8) is 0 Å². The van der Waals surface area contributed by atoms with Crippen molar-refractivity contribution >= 4 is 0 Å². The molecule has 0 rings (SSSR count). The molecule has 0 fully saturated rings. The molecule has 92 valence electrons. The third-order valence-electron chi connectivity index (χ3n) is 3.24. The first-order valence-electron chi connectivity index (χ1n) is 6.78. The molecule has 0 bridgehead atoms. The van der Waals surface area contributed by atoms with Crippen molar-refractivity contribution in [3.8, 4) is 0 Å². The van der Waals surface area contributed by atoms with E-state index in [0.29, 0.717) is 12.1 Å². The van der Waals surface area contributed by atoms with Crippen molar-refractivity contribution in [2.24, 2.45) is 11.8 Å². The maximum atomic E-state index is 3.85. The van der Waals surface area contributed by atoms with Crippen LogP contribution in [0.15, 0.2) is 0 Å². The molecular weight excluding hydrogens is 182 g/mol. The van der Waals surface area contributed by atoms with E-state index in [1.165, 1.54) is 25.7 Å². The molecule has 1 nitrogen and oxygen atoms in total. The second-order valence-electron chi connectivity index (χ2n) is 5.45.